The van der Waals surface area contributed by atoms with Gasteiger partial charge in [0.15, 0.2) is 5.60 Å². The molecule has 25 heavy (non-hydrogen) atoms. The van der Waals surface area contributed by atoms with Crippen molar-refractivity contribution in [3.8, 4) is 0 Å². The monoisotopic (exact) mass is 396 g/mol. The molecular weight excluding hydrogens is 380 g/mol. The Hall–Kier alpha value is -2.50. The summed E-state index contributed by atoms with van der Waals surface area (Å²) in [6, 6.07) is 20.2. The minimum atomic E-state index is -1.73. The van der Waals surface area contributed by atoms with E-state index >= 15 is 0 Å². The largest absolute Gasteiger partial charge is 0.375 e. The Morgan fingerprint density at radius 2 is 1.52 bits per heavy atom. The SMILES string of the molecule is CC(O)(C(=O)N(c1ccccc1)c1ccccc1)c1cncc(Br)c1. The van der Waals surface area contributed by atoms with Crippen LogP contribution in [0.1, 0.15) is 12.5 Å². The quantitative estimate of drug-likeness (QED) is 0.709. The van der Waals surface area contributed by atoms with Crippen LogP contribution in [0.25, 0.3) is 0 Å². The van der Waals surface area contributed by atoms with E-state index in [4.69, 9.17) is 0 Å². The van der Waals surface area contributed by atoms with E-state index in [1.165, 1.54) is 18.0 Å². The summed E-state index contributed by atoms with van der Waals surface area (Å²) in [5.41, 5.74) is 0.0511. The molecule has 0 fully saturated rings. The zero-order chi connectivity index (χ0) is 17.9. The van der Waals surface area contributed by atoms with Crippen LogP contribution in [0.2, 0.25) is 0 Å². The fraction of sp³-hybridized carbons (Fsp3) is 0.100. The van der Waals surface area contributed by atoms with E-state index in [-0.39, 0.29) is 0 Å². The standard InChI is InChI=1S/C20H17BrN2O2/c1-20(25,15-12-16(21)14-22-13-15)19(24)23(17-8-4-2-5-9-17)18-10-6-3-7-11-18/h2-14,25H,1H3. The van der Waals surface area contributed by atoms with Crippen molar-refractivity contribution in [1.29, 1.82) is 0 Å². The molecule has 0 saturated carbocycles. The molecule has 1 atom stereocenters. The predicted molar refractivity (Wildman–Crippen MR) is 102 cm³/mol. The normalized spacial score (nSPS) is 13.1. The molecule has 1 aromatic heterocycles. The van der Waals surface area contributed by atoms with Gasteiger partial charge >= 0.3 is 0 Å². The van der Waals surface area contributed by atoms with Crippen LogP contribution < -0.4 is 4.90 Å². The fourth-order valence-corrected chi connectivity index (χ4v) is 2.92. The third-order valence-corrected chi connectivity index (χ3v) is 4.35. The summed E-state index contributed by atoms with van der Waals surface area (Å²) in [6.45, 7) is 1.48. The Morgan fingerprint density at radius 3 is 2.00 bits per heavy atom. The first-order valence-corrected chi connectivity index (χ1v) is 8.57. The highest BCUT2D eigenvalue weighted by atomic mass is 79.9. The first-order chi connectivity index (χ1) is 12.0. The van der Waals surface area contributed by atoms with E-state index in [9.17, 15) is 9.90 Å². The van der Waals surface area contributed by atoms with Gasteiger partial charge in [-0.1, -0.05) is 36.4 Å². The number of benzene rings is 2. The Labute approximate surface area is 154 Å². The van der Waals surface area contributed by atoms with Crippen molar-refractivity contribution in [2.45, 2.75) is 12.5 Å². The van der Waals surface area contributed by atoms with Gasteiger partial charge in [0.2, 0.25) is 0 Å². The van der Waals surface area contributed by atoms with Crippen LogP contribution in [0, 0.1) is 0 Å². The van der Waals surface area contributed by atoms with Crippen molar-refractivity contribution in [1.82, 2.24) is 4.98 Å². The smallest absolute Gasteiger partial charge is 0.267 e. The van der Waals surface area contributed by atoms with Crippen LogP contribution in [0.3, 0.4) is 0 Å². The van der Waals surface area contributed by atoms with Gasteiger partial charge < -0.3 is 5.11 Å². The zero-order valence-corrected chi connectivity index (χ0v) is 15.2. The summed E-state index contributed by atoms with van der Waals surface area (Å²) < 4.78 is 0.698. The molecular formula is C20H17BrN2O2. The number of aromatic nitrogens is 1. The molecule has 3 aromatic rings. The van der Waals surface area contributed by atoms with E-state index in [1.807, 2.05) is 60.7 Å². The van der Waals surface area contributed by atoms with Gasteiger partial charge in [-0.25, -0.2) is 0 Å². The highest BCUT2D eigenvalue weighted by molar-refractivity contribution is 9.10. The molecule has 0 bridgehead atoms. The average Bonchev–Trinajstić information content (AvgIpc) is 2.63. The lowest BCUT2D eigenvalue weighted by Crippen LogP contribution is -2.43. The maximum absolute atomic E-state index is 13.3. The summed E-state index contributed by atoms with van der Waals surface area (Å²) in [5, 5.41) is 11.0. The molecule has 0 aliphatic carbocycles. The number of hydrogen-bond donors (Lipinski definition) is 1. The number of rotatable bonds is 4. The molecule has 2 aromatic carbocycles. The molecule has 0 radical (unpaired) electrons. The lowest BCUT2D eigenvalue weighted by Gasteiger charge is -2.31. The highest BCUT2D eigenvalue weighted by Crippen LogP contribution is 2.32. The molecule has 0 aliphatic heterocycles. The summed E-state index contributed by atoms with van der Waals surface area (Å²) in [4.78, 5) is 18.9. The van der Waals surface area contributed by atoms with Crippen molar-refractivity contribution in [2.75, 3.05) is 4.90 Å². The number of hydrogen-bond acceptors (Lipinski definition) is 3. The van der Waals surface area contributed by atoms with Crippen molar-refractivity contribution in [3.63, 3.8) is 0 Å². The third-order valence-electron chi connectivity index (χ3n) is 3.92. The lowest BCUT2D eigenvalue weighted by atomic mass is 9.95. The number of carbonyl (C=O) groups excluding carboxylic acids is 1. The predicted octanol–water partition coefficient (Wildman–Crippen LogP) is 4.42. The van der Waals surface area contributed by atoms with Crippen molar-refractivity contribution < 1.29 is 9.90 Å². The minimum Gasteiger partial charge on any atom is -0.375 e. The summed E-state index contributed by atoms with van der Waals surface area (Å²) in [5.74, 6) is -0.454. The summed E-state index contributed by atoms with van der Waals surface area (Å²) in [7, 11) is 0. The van der Waals surface area contributed by atoms with Crippen LogP contribution in [-0.2, 0) is 10.4 Å². The number of anilines is 2. The first-order valence-electron chi connectivity index (χ1n) is 7.78. The third kappa shape index (κ3) is 3.62. The van der Waals surface area contributed by atoms with Crippen LogP contribution >= 0.6 is 15.9 Å². The second-order valence-corrected chi connectivity index (χ2v) is 6.69. The summed E-state index contributed by atoms with van der Waals surface area (Å²) >= 11 is 3.33. The minimum absolute atomic E-state index is 0.420. The number of nitrogens with zero attached hydrogens (tertiary/aromatic N) is 2. The molecule has 5 heteroatoms. The first kappa shape index (κ1) is 17.3. The molecule has 0 saturated heterocycles. The molecule has 126 valence electrons. The van der Waals surface area contributed by atoms with Gasteiger partial charge in [0.05, 0.1) is 0 Å². The van der Waals surface area contributed by atoms with Crippen molar-refractivity contribution in [3.05, 3.63) is 89.2 Å². The van der Waals surface area contributed by atoms with Gasteiger partial charge in [0, 0.05) is 33.8 Å². The van der Waals surface area contributed by atoms with Gasteiger partial charge in [0.1, 0.15) is 0 Å². The highest BCUT2D eigenvalue weighted by Gasteiger charge is 2.38. The van der Waals surface area contributed by atoms with E-state index in [1.54, 1.807) is 12.3 Å². The molecule has 1 amide bonds. The number of amides is 1. The Bertz CT molecular complexity index is 828. The molecule has 1 N–H and O–H groups in total. The Morgan fingerprint density at radius 1 is 1.00 bits per heavy atom. The van der Waals surface area contributed by atoms with Gasteiger partial charge in [0.25, 0.3) is 5.91 Å². The molecule has 1 unspecified atom stereocenters. The van der Waals surface area contributed by atoms with E-state index in [0.29, 0.717) is 21.4 Å². The molecule has 3 rings (SSSR count). The second kappa shape index (κ2) is 7.17. The van der Waals surface area contributed by atoms with Crippen LogP contribution in [0.4, 0.5) is 11.4 Å². The van der Waals surface area contributed by atoms with Crippen LogP contribution in [0.5, 0.6) is 0 Å². The van der Waals surface area contributed by atoms with Crippen LogP contribution in [0.15, 0.2) is 83.6 Å². The second-order valence-electron chi connectivity index (χ2n) is 5.78. The number of aliphatic hydroxyl groups is 1. The van der Waals surface area contributed by atoms with Gasteiger partial charge in [-0.2, -0.15) is 0 Å². The number of carbonyl (C=O) groups is 1. The van der Waals surface area contributed by atoms with Gasteiger partial charge in [-0.15, -0.1) is 0 Å². The van der Waals surface area contributed by atoms with Gasteiger partial charge in [-0.05, 0) is 53.2 Å². The van der Waals surface area contributed by atoms with Crippen molar-refractivity contribution in [2.24, 2.45) is 0 Å². The van der Waals surface area contributed by atoms with E-state index in [0.717, 1.165) is 0 Å². The maximum atomic E-state index is 13.3. The number of pyridine rings is 1. The van der Waals surface area contributed by atoms with E-state index < -0.39 is 11.5 Å². The number of para-hydroxylation sites is 2. The topological polar surface area (TPSA) is 53.4 Å². The fourth-order valence-electron chi connectivity index (χ4n) is 2.56. The molecule has 1 heterocycles. The molecule has 0 spiro atoms. The Kier molecular flexibility index (Phi) is 4.97. The van der Waals surface area contributed by atoms with Gasteiger partial charge in [-0.3, -0.25) is 14.7 Å². The zero-order valence-electron chi connectivity index (χ0n) is 13.6. The summed E-state index contributed by atoms with van der Waals surface area (Å²) in [6.07, 6.45) is 3.10. The lowest BCUT2D eigenvalue weighted by molar-refractivity contribution is -0.135. The molecule has 0 aliphatic rings. The molecule has 4 nitrogen and oxygen atoms in total. The van der Waals surface area contributed by atoms with Crippen molar-refractivity contribution >= 4 is 33.2 Å². The number of halogens is 1. The van der Waals surface area contributed by atoms with E-state index in [2.05, 4.69) is 20.9 Å². The average molecular weight is 397 g/mol. The maximum Gasteiger partial charge on any atom is 0.267 e. The Balaban J connectivity index is 2.08. The van der Waals surface area contributed by atoms with Crippen LogP contribution in [-0.4, -0.2) is 16.0 Å².